The van der Waals surface area contributed by atoms with E-state index in [1.54, 1.807) is 12.4 Å². The van der Waals surface area contributed by atoms with E-state index in [1.807, 2.05) is 6.07 Å². The lowest BCUT2D eigenvalue weighted by atomic mass is 10.0. The predicted molar refractivity (Wildman–Crippen MR) is 65.8 cm³/mol. The van der Waals surface area contributed by atoms with Gasteiger partial charge in [-0.25, -0.2) is 9.97 Å². The summed E-state index contributed by atoms with van der Waals surface area (Å²) in [4.78, 5) is 7.98. The molecule has 0 spiro atoms. The second-order valence-electron chi connectivity index (χ2n) is 3.72. The normalized spacial score (nSPS) is 10.0. The first-order chi connectivity index (χ1) is 7.86. The van der Waals surface area contributed by atoms with Crippen molar-refractivity contribution >= 4 is 5.57 Å². The molecule has 80 valence electrons. The minimum Gasteiger partial charge on any atom is -0.244 e. The molecule has 1 aromatic heterocycles. The fraction of sp³-hybridized carbons (Fsp3) is 0.143. The molecule has 0 radical (unpaired) electrons. The second-order valence-corrected chi connectivity index (χ2v) is 3.72. The summed E-state index contributed by atoms with van der Waals surface area (Å²) >= 11 is 0. The molecule has 1 heterocycles. The molecule has 2 heteroatoms. The van der Waals surface area contributed by atoms with Crippen LogP contribution in [0.4, 0.5) is 0 Å². The molecule has 0 N–H and O–H groups in total. The van der Waals surface area contributed by atoms with Crippen molar-refractivity contribution in [3.63, 3.8) is 0 Å². The van der Waals surface area contributed by atoms with Gasteiger partial charge in [-0.1, -0.05) is 36.9 Å². The van der Waals surface area contributed by atoms with Crippen molar-refractivity contribution in [2.24, 2.45) is 0 Å². The lowest BCUT2D eigenvalue weighted by Crippen LogP contribution is -1.90. The summed E-state index contributed by atoms with van der Waals surface area (Å²) in [6, 6.07) is 10.4. The highest BCUT2D eigenvalue weighted by molar-refractivity contribution is 5.61. The maximum Gasteiger partial charge on any atom is 0.115 e. The standard InChI is InChI=1S/C14H14N2/c1-12(14-9-15-11-16-10-14)7-8-13-5-3-2-4-6-13/h2-6,9-11H,1,7-8H2. The van der Waals surface area contributed by atoms with Gasteiger partial charge in [0.2, 0.25) is 0 Å². The van der Waals surface area contributed by atoms with Crippen LogP contribution >= 0.6 is 0 Å². The molecule has 0 saturated heterocycles. The number of rotatable bonds is 4. The van der Waals surface area contributed by atoms with E-state index in [2.05, 4.69) is 40.8 Å². The Labute approximate surface area is 95.7 Å². The summed E-state index contributed by atoms with van der Waals surface area (Å²) in [6.45, 7) is 4.06. The van der Waals surface area contributed by atoms with E-state index in [1.165, 1.54) is 11.9 Å². The fourth-order valence-electron chi connectivity index (χ4n) is 1.57. The predicted octanol–water partition coefficient (Wildman–Crippen LogP) is 3.12. The average Bonchev–Trinajstić information content (AvgIpc) is 2.38. The van der Waals surface area contributed by atoms with E-state index in [0.29, 0.717) is 0 Å². The SMILES string of the molecule is C=C(CCc1ccccc1)c1cncnc1. The summed E-state index contributed by atoms with van der Waals surface area (Å²) in [5.74, 6) is 0. The highest BCUT2D eigenvalue weighted by Crippen LogP contribution is 2.16. The van der Waals surface area contributed by atoms with Crippen molar-refractivity contribution in [1.82, 2.24) is 9.97 Å². The van der Waals surface area contributed by atoms with Gasteiger partial charge in [-0.3, -0.25) is 0 Å². The number of hydrogen-bond donors (Lipinski definition) is 0. The number of aromatic nitrogens is 2. The third-order valence-electron chi connectivity index (χ3n) is 2.53. The topological polar surface area (TPSA) is 25.8 Å². The lowest BCUT2D eigenvalue weighted by Gasteiger charge is -2.04. The third-order valence-corrected chi connectivity index (χ3v) is 2.53. The number of allylic oxidation sites excluding steroid dienone is 1. The van der Waals surface area contributed by atoms with Crippen LogP contribution in [0.5, 0.6) is 0 Å². The van der Waals surface area contributed by atoms with Crippen LogP contribution < -0.4 is 0 Å². The zero-order valence-electron chi connectivity index (χ0n) is 9.13. The Morgan fingerprint density at radius 3 is 2.44 bits per heavy atom. The Morgan fingerprint density at radius 1 is 1.06 bits per heavy atom. The highest BCUT2D eigenvalue weighted by Gasteiger charge is 1.99. The molecular weight excluding hydrogens is 196 g/mol. The zero-order chi connectivity index (χ0) is 11.2. The molecule has 0 aliphatic rings. The Kier molecular flexibility index (Phi) is 3.44. The molecule has 0 atom stereocenters. The molecule has 2 rings (SSSR count). The maximum atomic E-state index is 4.06. The van der Waals surface area contributed by atoms with Gasteiger partial charge in [-0.05, 0) is 24.0 Å². The van der Waals surface area contributed by atoms with Crippen LogP contribution in [0, 0.1) is 0 Å². The number of hydrogen-bond acceptors (Lipinski definition) is 2. The smallest absolute Gasteiger partial charge is 0.115 e. The van der Waals surface area contributed by atoms with E-state index >= 15 is 0 Å². The molecule has 0 unspecified atom stereocenters. The number of aryl methyl sites for hydroxylation is 1. The maximum absolute atomic E-state index is 4.06. The Bertz CT molecular complexity index is 449. The monoisotopic (exact) mass is 210 g/mol. The number of nitrogens with zero attached hydrogens (tertiary/aromatic N) is 2. The van der Waals surface area contributed by atoms with E-state index in [4.69, 9.17) is 0 Å². The minimum absolute atomic E-state index is 0.942. The second kappa shape index (κ2) is 5.21. The molecular formula is C14H14N2. The molecule has 0 amide bonds. The van der Waals surface area contributed by atoms with Crippen molar-refractivity contribution in [2.75, 3.05) is 0 Å². The first-order valence-corrected chi connectivity index (χ1v) is 5.33. The van der Waals surface area contributed by atoms with Gasteiger partial charge >= 0.3 is 0 Å². The van der Waals surface area contributed by atoms with E-state index in [0.717, 1.165) is 24.0 Å². The Hall–Kier alpha value is -1.96. The van der Waals surface area contributed by atoms with Crippen LogP contribution in [0.2, 0.25) is 0 Å². The van der Waals surface area contributed by atoms with Gasteiger partial charge in [-0.2, -0.15) is 0 Å². The van der Waals surface area contributed by atoms with Gasteiger partial charge in [0, 0.05) is 18.0 Å². The first-order valence-electron chi connectivity index (χ1n) is 5.33. The molecule has 0 aliphatic carbocycles. The average molecular weight is 210 g/mol. The van der Waals surface area contributed by atoms with Crippen molar-refractivity contribution in [3.8, 4) is 0 Å². The summed E-state index contributed by atoms with van der Waals surface area (Å²) in [5, 5.41) is 0. The van der Waals surface area contributed by atoms with Crippen molar-refractivity contribution in [2.45, 2.75) is 12.8 Å². The molecule has 16 heavy (non-hydrogen) atoms. The minimum atomic E-state index is 0.942. The van der Waals surface area contributed by atoms with E-state index in [-0.39, 0.29) is 0 Å². The van der Waals surface area contributed by atoms with Crippen LogP contribution in [0.1, 0.15) is 17.5 Å². The summed E-state index contributed by atoms with van der Waals surface area (Å²) in [6.07, 6.45) is 7.10. The van der Waals surface area contributed by atoms with Crippen LogP contribution in [0.25, 0.3) is 5.57 Å². The van der Waals surface area contributed by atoms with Crippen LogP contribution in [-0.4, -0.2) is 9.97 Å². The Morgan fingerprint density at radius 2 is 1.75 bits per heavy atom. The quantitative estimate of drug-likeness (QED) is 0.774. The molecule has 0 fully saturated rings. The lowest BCUT2D eigenvalue weighted by molar-refractivity contribution is 1.01. The van der Waals surface area contributed by atoms with Crippen LogP contribution in [0.3, 0.4) is 0 Å². The first kappa shape index (κ1) is 10.6. The third kappa shape index (κ3) is 2.76. The van der Waals surface area contributed by atoms with Gasteiger partial charge in [0.05, 0.1) is 0 Å². The fourth-order valence-corrected chi connectivity index (χ4v) is 1.57. The molecule has 2 aromatic rings. The molecule has 0 bridgehead atoms. The summed E-state index contributed by atoms with van der Waals surface area (Å²) in [5.41, 5.74) is 3.45. The van der Waals surface area contributed by atoms with Crippen molar-refractivity contribution < 1.29 is 0 Å². The molecule has 1 aromatic carbocycles. The largest absolute Gasteiger partial charge is 0.244 e. The zero-order valence-corrected chi connectivity index (χ0v) is 9.13. The highest BCUT2D eigenvalue weighted by atomic mass is 14.8. The van der Waals surface area contributed by atoms with E-state index in [9.17, 15) is 0 Å². The molecule has 0 saturated carbocycles. The van der Waals surface area contributed by atoms with Gasteiger partial charge in [0.1, 0.15) is 6.33 Å². The van der Waals surface area contributed by atoms with Crippen molar-refractivity contribution in [1.29, 1.82) is 0 Å². The van der Waals surface area contributed by atoms with Crippen molar-refractivity contribution in [3.05, 3.63) is 66.8 Å². The number of benzene rings is 1. The van der Waals surface area contributed by atoms with Crippen LogP contribution in [0.15, 0.2) is 55.6 Å². The molecule has 0 aliphatic heterocycles. The van der Waals surface area contributed by atoms with Gasteiger partial charge in [-0.15, -0.1) is 0 Å². The Balaban J connectivity index is 1.95. The summed E-state index contributed by atoms with van der Waals surface area (Å²) in [7, 11) is 0. The van der Waals surface area contributed by atoms with Gasteiger partial charge in [0.15, 0.2) is 0 Å². The molecule has 2 nitrogen and oxygen atoms in total. The van der Waals surface area contributed by atoms with Crippen LogP contribution in [-0.2, 0) is 6.42 Å². The van der Waals surface area contributed by atoms with Gasteiger partial charge < -0.3 is 0 Å². The van der Waals surface area contributed by atoms with E-state index < -0.39 is 0 Å². The van der Waals surface area contributed by atoms with Gasteiger partial charge in [0.25, 0.3) is 0 Å². The summed E-state index contributed by atoms with van der Waals surface area (Å²) < 4.78 is 0.